The van der Waals surface area contributed by atoms with Gasteiger partial charge in [-0.25, -0.2) is 19.9 Å². The average Bonchev–Trinajstić information content (AvgIpc) is 4.27. The Kier molecular flexibility index (Phi) is 9.50. The fourth-order valence-electron chi connectivity index (χ4n) is 11.8. The molecule has 0 saturated carbocycles. The summed E-state index contributed by atoms with van der Waals surface area (Å²) in [6, 6.07) is 89.8. The highest BCUT2D eigenvalue weighted by Crippen LogP contribution is 2.43. The van der Waals surface area contributed by atoms with E-state index in [1.54, 1.807) is 0 Å². The Balaban J connectivity index is 0.848. The molecule has 5 aromatic heterocycles. The van der Waals surface area contributed by atoms with Crippen LogP contribution in [0.4, 0.5) is 0 Å². The van der Waals surface area contributed by atoms with Gasteiger partial charge in [-0.05, 0) is 107 Å². The Labute approximate surface area is 441 Å². The molecule has 0 spiro atoms. The number of benzene rings is 11. The van der Waals surface area contributed by atoms with Crippen LogP contribution in [0, 0.1) is 0 Å². The van der Waals surface area contributed by atoms with Crippen molar-refractivity contribution in [1.82, 2.24) is 29.1 Å². The van der Waals surface area contributed by atoms with Crippen molar-refractivity contribution >= 4 is 87.4 Å². The number of aromatic nitrogens is 6. The number of hydrogen-bond donors (Lipinski definition) is 0. The van der Waals surface area contributed by atoms with Crippen molar-refractivity contribution in [3.63, 3.8) is 0 Å². The minimum Gasteiger partial charge on any atom is -0.456 e. The first-order valence-corrected chi connectivity index (χ1v) is 25.9. The maximum atomic E-state index is 6.59. The third-order valence-electron chi connectivity index (χ3n) is 15.3. The molecule has 358 valence electrons. The van der Waals surface area contributed by atoms with Gasteiger partial charge in [0.25, 0.3) is 0 Å². The highest BCUT2D eigenvalue weighted by atomic mass is 16.3. The van der Waals surface area contributed by atoms with Gasteiger partial charge in [0.1, 0.15) is 11.2 Å². The van der Waals surface area contributed by atoms with Crippen LogP contribution in [0.15, 0.2) is 259 Å². The molecule has 0 fully saturated rings. The molecule has 0 atom stereocenters. The monoisotopic (exact) mass is 982 g/mol. The first-order valence-electron chi connectivity index (χ1n) is 25.9. The van der Waals surface area contributed by atoms with Crippen LogP contribution in [0.1, 0.15) is 0 Å². The maximum Gasteiger partial charge on any atom is 0.235 e. The molecule has 0 aliphatic carbocycles. The lowest BCUT2D eigenvalue weighted by atomic mass is 9.98. The lowest BCUT2D eigenvalue weighted by molar-refractivity contribution is 0.669. The smallest absolute Gasteiger partial charge is 0.235 e. The normalized spacial score (nSPS) is 11.9. The maximum absolute atomic E-state index is 6.59. The number of fused-ring (bicyclic) bond motifs is 11. The molecule has 0 saturated heterocycles. The van der Waals surface area contributed by atoms with E-state index in [-0.39, 0.29) is 0 Å². The molecule has 0 unspecified atom stereocenters. The molecular formula is C70H42N6O. The van der Waals surface area contributed by atoms with E-state index in [2.05, 4.69) is 221 Å². The van der Waals surface area contributed by atoms with Crippen molar-refractivity contribution in [2.45, 2.75) is 0 Å². The Morgan fingerprint density at radius 2 is 0.766 bits per heavy atom. The lowest BCUT2D eigenvalue weighted by Crippen LogP contribution is -2.03. The van der Waals surface area contributed by atoms with Gasteiger partial charge in [0, 0.05) is 65.5 Å². The predicted molar refractivity (Wildman–Crippen MR) is 316 cm³/mol. The minimum atomic E-state index is 0.643. The molecule has 0 bridgehead atoms. The van der Waals surface area contributed by atoms with Crippen LogP contribution in [0.25, 0.3) is 155 Å². The number of nitrogens with zero attached hydrogens (tertiary/aromatic N) is 6. The minimum absolute atomic E-state index is 0.643. The molecule has 77 heavy (non-hydrogen) atoms. The molecule has 0 radical (unpaired) electrons. The summed E-state index contributed by atoms with van der Waals surface area (Å²) < 4.78 is 11.2. The zero-order valence-corrected chi connectivity index (χ0v) is 41.3. The highest BCUT2D eigenvalue weighted by Gasteiger charge is 2.22. The van der Waals surface area contributed by atoms with E-state index >= 15 is 0 Å². The molecule has 0 aliphatic rings. The summed E-state index contributed by atoms with van der Waals surface area (Å²) in [5.74, 6) is 1.30. The van der Waals surface area contributed by atoms with E-state index in [9.17, 15) is 0 Å². The molecule has 16 aromatic rings. The fourth-order valence-corrected chi connectivity index (χ4v) is 11.8. The van der Waals surface area contributed by atoms with Gasteiger partial charge in [-0.1, -0.05) is 170 Å². The Bertz CT molecular complexity index is 4970. The predicted octanol–water partition coefficient (Wildman–Crippen LogP) is 18.0. The van der Waals surface area contributed by atoms with E-state index in [1.807, 2.05) is 42.5 Å². The topological polar surface area (TPSA) is 74.6 Å². The second kappa shape index (κ2) is 17.0. The zero-order chi connectivity index (χ0) is 50.6. The van der Waals surface area contributed by atoms with Crippen LogP contribution >= 0.6 is 0 Å². The summed E-state index contributed by atoms with van der Waals surface area (Å²) in [6.45, 7) is 0. The molecular weight excluding hydrogens is 941 g/mol. The number of rotatable bonds is 7. The van der Waals surface area contributed by atoms with Crippen molar-refractivity contribution in [3.8, 4) is 67.8 Å². The number of hydrogen-bond acceptors (Lipinski definition) is 5. The van der Waals surface area contributed by atoms with Crippen LogP contribution in [0.5, 0.6) is 0 Å². The quantitative estimate of drug-likeness (QED) is 0.159. The molecule has 0 amide bonds. The molecule has 16 rings (SSSR count). The van der Waals surface area contributed by atoms with Gasteiger partial charge in [0.2, 0.25) is 5.95 Å². The number of furan rings is 1. The second-order valence-electron chi connectivity index (χ2n) is 19.7. The van der Waals surface area contributed by atoms with E-state index in [4.69, 9.17) is 24.4 Å². The van der Waals surface area contributed by atoms with Crippen LogP contribution in [-0.2, 0) is 0 Å². The van der Waals surface area contributed by atoms with Crippen molar-refractivity contribution < 1.29 is 4.42 Å². The van der Waals surface area contributed by atoms with Crippen molar-refractivity contribution in [1.29, 1.82) is 0 Å². The summed E-state index contributed by atoms with van der Waals surface area (Å²) >= 11 is 0. The van der Waals surface area contributed by atoms with Gasteiger partial charge in [-0.3, -0.25) is 4.57 Å². The summed E-state index contributed by atoms with van der Waals surface area (Å²) in [6.07, 6.45) is 0. The first-order chi connectivity index (χ1) is 38.2. The zero-order valence-electron chi connectivity index (χ0n) is 41.3. The third-order valence-corrected chi connectivity index (χ3v) is 15.3. The molecule has 5 heterocycles. The summed E-state index contributed by atoms with van der Waals surface area (Å²) in [5.41, 5.74) is 18.2. The van der Waals surface area contributed by atoms with E-state index < -0.39 is 0 Å². The Hall–Kier alpha value is -10.5. The summed E-state index contributed by atoms with van der Waals surface area (Å²) in [4.78, 5) is 21.0. The Morgan fingerprint density at radius 3 is 1.40 bits per heavy atom. The van der Waals surface area contributed by atoms with Gasteiger partial charge in [-0.2, -0.15) is 0 Å². The van der Waals surface area contributed by atoms with Crippen molar-refractivity contribution in [2.75, 3.05) is 0 Å². The van der Waals surface area contributed by atoms with Crippen LogP contribution in [0.2, 0.25) is 0 Å². The molecule has 0 N–H and O–H groups in total. The SMILES string of the molecule is c1ccc(-c2nc(-c3cccc4oc5ccc(-c6ccc7c(c6)c6cc(-c8ccc9c(c8)c8ccccc8n9-c8nc(-c9ccccc9)c9ccccc9n8)ccc6n7-c6ccccc6)cc5c34)nc3ccccc23)cc1. The van der Waals surface area contributed by atoms with Gasteiger partial charge in [0.15, 0.2) is 5.82 Å². The third kappa shape index (κ3) is 6.84. The fraction of sp³-hybridized carbons (Fsp3) is 0. The van der Waals surface area contributed by atoms with E-state index in [0.29, 0.717) is 11.8 Å². The van der Waals surface area contributed by atoms with E-state index in [0.717, 1.165) is 133 Å². The number of para-hydroxylation sites is 4. The molecule has 7 heteroatoms. The van der Waals surface area contributed by atoms with Gasteiger partial charge in [0.05, 0.1) is 44.5 Å². The molecule has 0 aliphatic heterocycles. The van der Waals surface area contributed by atoms with Crippen LogP contribution in [0.3, 0.4) is 0 Å². The Morgan fingerprint density at radius 1 is 0.286 bits per heavy atom. The second-order valence-corrected chi connectivity index (χ2v) is 19.7. The van der Waals surface area contributed by atoms with Gasteiger partial charge >= 0.3 is 0 Å². The van der Waals surface area contributed by atoms with Crippen LogP contribution in [-0.4, -0.2) is 29.1 Å². The van der Waals surface area contributed by atoms with Gasteiger partial charge in [-0.15, -0.1) is 0 Å². The highest BCUT2D eigenvalue weighted by molar-refractivity contribution is 6.16. The first kappa shape index (κ1) is 43.0. The van der Waals surface area contributed by atoms with Crippen molar-refractivity contribution in [3.05, 3.63) is 255 Å². The summed E-state index contributed by atoms with van der Waals surface area (Å²) in [7, 11) is 0. The average molecular weight is 983 g/mol. The summed E-state index contributed by atoms with van der Waals surface area (Å²) in [5, 5.41) is 8.66. The lowest BCUT2D eigenvalue weighted by Gasteiger charge is -2.12. The largest absolute Gasteiger partial charge is 0.456 e. The van der Waals surface area contributed by atoms with Crippen molar-refractivity contribution in [2.24, 2.45) is 0 Å². The molecule has 7 nitrogen and oxygen atoms in total. The van der Waals surface area contributed by atoms with Crippen LogP contribution < -0.4 is 0 Å². The van der Waals surface area contributed by atoms with E-state index in [1.165, 1.54) is 10.8 Å². The standard InChI is InChI=1S/C70H42N6O/c1-4-17-43(18-5-1)67-51-24-10-13-27-58(51)71-69(73-67)53-26-16-30-65-66(53)57-42-48(34-38-64(57)77-65)47-32-36-62-56(41-47)55-40-46(31-35-61(55)75(62)49-21-8-3-9-22-49)45-33-37-63-54(39-45)50-23-12-15-29-60(50)76(63)70-72-59-28-14-11-25-52(59)68(74-70)44-19-6-2-7-20-44/h1-42H. The van der Waals surface area contributed by atoms with Gasteiger partial charge < -0.3 is 8.98 Å². The molecule has 11 aromatic carbocycles.